The summed E-state index contributed by atoms with van der Waals surface area (Å²) in [5, 5.41) is 9.66. The maximum atomic E-state index is 12.2. The number of amides is 3. The summed E-state index contributed by atoms with van der Waals surface area (Å²) in [6.45, 7) is 1.62. The van der Waals surface area contributed by atoms with Gasteiger partial charge in [0.25, 0.3) is 5.91 Å². The van der Waals surface area contributed by atoms with Crippen LogP contribution < -0.4 is 20.8 Å². The Kier molecular flexibility index (Phi) is 8.61. The Hall–Kier alpha value is -3.88. The van der Waals surface area contributed by atoms with Gasteiger partial charge >= 0.3 is 11.8 Å². The summed E-state index contributed by atoms with van der Waals surface area (Å²) < 4.78 is 5.56. The van der Waals surface area contributed by atoms with Gasteiger partial charge in [-0.05, 0) is 49.4 Å². The first kappa shape index (κ1) is 24.8. The van der Waals surface area contributed by atoms with Gasteiger partial charge in [-0.15, -0.1) is 0 Å². The van der Waals surface area contributed by atoms with Crippen molar-refractivity contribution < 1.29 is 19.1 Å². The third-order valence-electron chi connectivity index (χ3n) is 4.37. The largest absolute Gasteiger partial charge is 0.483 e. The van der Waals surface area contributed by atoms with Crippen molar-refractivity contribution in [1.29, 1.82) is 0 Å². The number of halogens is 2. The number of carbonyl (C=O) groups is 3. The minimum atomic E-state index is -0.936. The van der Waals surface area contributed by atoms with Gasteiger partial charge in [-0.25, -0.2) is 5.43 Å². The van der Waals surface area contributed by atoms with Crippen molar-refractivity contribution in [1.82, 2.24) is 5.43 Å². The van der Waals surface area contributed by atoms with Crippen LogP contribution in [0.15, 0.2) is 71.8 Å². The number of para-hydroxylation sites is 1. The van der Waals surface area contributed by atoms with E-state index in [2.05, 4.69) is 21.2 Å². The van der Waals surface area contributed by atoms with Crippen LogP contribution in [0.4, 0.5) is 11.4 Å². The van der Waals surface area contributed by atoms with E-state index in [0.717, 1.165) is 5.56 Å². The van der Waals surface area contributed by atoms with Crippen molar-refractivity contribution >= 4 is 58.5 Å². The number of hydrogen-bond acceptors (Lipinski definition) is 5. The van der Waals surface area contributed by atoms with E-state index in [1.165, 1.54) is 12.3 Å². The number of carbonyl (C=O) groups excluding carboxylic acids is 3. The smallest absolute Gasteiger partial charge is 0.329 e. The third kappa shape index (κ3) is 7.33. The Morgan fingerprint density at radius 2 is 1.68 bits per heavy atom. The van der Waals surface area contributed by atoms with Crippen molar-refractivity contribution in [2.24, 2.45) is 5.10 Å². The van der Waals surface area contributed by atoms with Gasteiger partial charge in [-0.2, -0.15) is 5.10 Å². The van der Waals surface area contributed by atoms with Crippen LogP contribution in [0.3, 0.4) is 0 Å². The van der Waals surface area contributed by atoms with E-state index in [9.17, 15) is 14.4 Å². The predicted octanol–water partition coefficient (Wildman–Crippen LogP) is 4.41. The summed E-state index contributed by atoms with van der Waals surface area (Å²) in [5.41, 5.74) is 4.56. The van der Waals surface area contributed by atoms with Gasteiger partial charge in [0, 0.05) is 16.3 Å². The van der Waals surface area contributed by atoms with Gasteiger partial charge in [0.2, 0.25) is 0 Å². The molecule has 0 aromatic heterocycles. The normalized spacial score (nSPS) is 10.6. The molecule has 3 rings (SSSR count). The van der Waals surface area contributed by atoms with E-state index in [1.807, 2.05) is 19.1 Å². The second-order valence-electron chi connectivity index (χ2n) is 7.02. The number of aryl methyl sites for hydroxylation is 1. The fourth-order valence-electron chi connectivity index (χ4n) is 2.68. The molecular formula is C24H20Cl2N4O4. The number of anilines is 2. The summed E-state index contributed by atoms with van der Waals surface area (Å²) >= 11 is 11.9. The van der Waals surface area contributed by atoms with Gasteiger partial charge in [-0.3, -0.25) is 14.4 Å². The van der Waals surface area contributed by atoms with Crippen LogP contribution in [0.1, 0.15) is 11.1 Å². The lowest BCUT2D eigenvalue weighted by Crippen LogP contribution is -2.32. The van der Waals surface area contributed by atoms with Crippen LogP contribution in [-0.4, -0.2) is 30.5 Å². The lowest BCUT2D eigenvalue weighted by molar-refractivity contribution is -0.136. The third-order valence-corrected chi connectivity index (χ3v) is 4.92. The number of hydrazone groups is 1. The molecule has 3 N–H and O–H groups in total. The first-order valence-corrected chi connectivity index (χ1v) is 10.7. The Morgan fingerprint density at radius 1 is 0.941 bits per heavy atom. The van der Waals surface area contributed by atoms with Gasteiger partial charge in [0.15, 0.2) is 6.61 Å². The van der Waals surface area contributed by atoms with Crippen molar-refractivity contribution in [3.8, 4) is 5.75 Å². The van der Waals surface area contributed by atoms with Crippen LogP contribution in [0.2, 0.25) is 10.0 Å². The lowest BCUT2D eigenvalue weighted by atomic mass is 10.2. The maximum absolute atomic E-state index is 12.2. The Bertz CT molecular complexity index is 1230. The molecule has 0 heterocycles. The van der Waals surface area contributed by atoms with Gasteiger partial charge in [-0.1, -0.05) is 53.0 Å². The average molecular weight is 499 g/mol. The molecule has 0 spiro atoms. The zero-order chi connectivity index (χ0) is 24.5. The monoisotopic (exact) mass is 498 g/mol. The van der Waals surface area contributed by atoms with E-state index in [0.29, 0.717) is 32.7 Å². The molecule has 0 unspecified atom stereocenters. The topological polar surface area (TPSA) is 109 Å². The summed E-state index contributed by atoms with van der Waals surface area (Å²) in [6.07, 6.45) is 1.31. The van der Waals surface area contributed by atoms with Crippen LogP contribution in [0.25, 0.3) is 0 Å². The molecule has 0 aliphatic carbocycles. The Morgan fingerprint density at radius 3 is 2.41 bits per heavy atom. The van der Waals surface area contributed by atoms with E-state index < -0.39 is 17.7 Å². The molecule has 3 aromatic carbocycles. The van der Waals surface area contributed by atoms with Crippen molar-refractivity contribution in [2.45, 2.75) is 6.92 Å². The van der Waals surface area contributed by atoms with Gasteiger partial charge < -0.3 is 15.4 Å². The molecule has 0 atom stereocenters. The van der Waals surface area contributed by atoms with Gasteiger partial charge in [0.1, 0.15) is 5.75 Å². The highest BCUT2D eigenvalue weighted by atomic mass is 35.5. The fraction of sp³-hybridized carbons (Fsp3) is 0.0833. The number of nitrogens with one attached hydrogen (secondary N) is 3. The number of ether oxygens (including phenoxy) is 1. The predicted molar refractivity (Wildman–Crippen MR) is 133 cm³/mol. The molecule has 0 bridgehead atoms. The summed E-state index contributed by atoms with van der Waals surface area (Å²) in [6, 6.07) is 18.5. The first-order valence-electron chi connectivity index (χ1n) is 9.99. The Labute approximate surface area is 205 Å². The fourth-order valence-corrected chi connectivity index (χ4v) is 3.13. The molecule has 8 nitrogen and oxygen atoms in total. The molecule has 3 amide bonds. The quantitative estimate of drug-likeness (QED) is 0.254. The number of benzene rings is 3. The van der Waals surface area contributed by atoms with Crippen molar-refractivity contribution in [2.75, 3.05) is 17.2 Å². The van der Waals surface area contributed by atoms with E-state index in [1.54, 1.807) is 48.5 Å². The second kappa shape index (κ2) is 11.8. The van der Waals surface area contributed by atoms with E-state index >= 15 is 0 Å². The number of rotatable bonds is 7. The molecule has 3 aromatic rings. The SMILES string of the molecule is Cc1ccc(NC(=O)C(=O)N/N=C\c2ccccc2OCC(=O)Nc2ccc(Cl)cc2Cl)cc1. The Balaban J connectivity index is 1.53. The summed E-state index contributed by atoms with van der Waals surface area (Å²) in [5.74, 6) is -1.88. The molecule has 0 aliphatic rings. The van der Waals surface area contributed by atoms with E-state index in [4.69, 9.17) is 27.9 Å². The van der Waals surface area contributed by atoms with Crippen LogP contribution in [0, 0.1) is 6.92 Å². The van der Waals surface area contributed by atoms with Crippen LogP contribution in [0.5, 0.6) is 5.75 Å². The maximum Gasteiger partial charge on any atom is 0.329 e. The minimum absolute atomic E-state index is 0.297. The second-order valence-corrected chi connectivity index (χ2v) is 7.86. The number of nitrogens with zero attached hydrogens (tertiary/aromatic N) is 1. The zero-order valence-electron chi connectivity index (χ0n) is 18.0. The molecule has 0 fully saturated rings. The highest BCUT2D eigenvalue weighted by Crippen LogP contribution is 2.25. The highest BCUT2D eigenvalue weighted by Gasteiger charge is 2.13. The number of hydrogen-bond donors (Lipinski definition) is 3. The molecular weight excluding hydrogens is 479 g/mol. The molecule has 0 aliphatic heterocycles. The van der Waals surface area contributed by atoms with Gasteiger partial charge in [0.05, 0.1) is 16.9 Å². The first-order chi connectivity index (χ1) is 16.3. The molecule has 174 valence electrons. The van der Waals surface area contributed by atoms with E-state index in [-0.39, 0.29) is 6.61 Å². The van der Waals surface area contributed by atoms with Crippen LogP contribution >= 0.6 is 23.2 Å². The molecule has 10 heteroatoms. The molecule has 0 saturated heterocycles. The summed E-state index contributed by atoms with van der Waals surface area (Å²) in [7, 11) is 0. The van der Waals surface area contributed by atoms with Crippen molar-refractivity contribution in [3.63, 3.8) is 0 Å². The molecule has 0 saturated carbocycles. The molecule has 0 radical (unpaired) electrons. The minimum Gasteiger partial charge on any atom is -0.483 e. The van der Waals surface area contributed by atoms with Crippen LogP contribution in [-0.2, 0) is 14.4 Å². The molecule has 34 heavy (non-hydrogen) atoms. The zero-order valence-corrected chi connectivity index (χ0v) is 19.5. The van der Waals surface area contributed by atoms with Crippen molar-refractivity contribution in [3.05, 3.63) is 87.9 Å². The standard InChI is InChI=1S/C24H20Cl2N4O4/c1-15-6-9-18(10-7-15)28-23(32)24(33)30-27-13-16-4-2-3-5-21(16)34-14-22(31)29-20-11-8-17(25)12-19(20)26/h2-13H,14H2,1H3,(H,28,32)(H,29,31)(H,30,33)/b27-13-. The lowest BCUT2D eigenvalue weighted by Gasteiger charge is -2.10. The average Bonchev–Trinajstić information content (AvgIpc) is 2.81. The highest BCUT2D eigenvalue weighted by molar-refractivity contribution is 6.39. The summed E-state index contributed by atoms with van der Waals surface area (Å²) in [4.78, 5) is 36.2.